The van der Waals surface area contributed by atoms with E-state index < -0.39 is 0 Å². The Morgan fingerprint density at radius 3 is 2.55 bits per heavy atom. The minimum Gasteiger partial charge on any atom is -0.380 e. The number of carbonyl (C=O) groups is 1. The smallest absolute Gasteiger partial charge is 0.251 e. The fraction of sp³-hybridized carbons (Fsp3) is 0.619. The van der Waals surface area contributed by atoms with Crippen LogP contribution in [0.25, 0.3) is 0 Å². The van der Waals surface area contributed by atoms with E-state index in [0.29, 0.717) is 43.7 Å². The second-order valence-corrected chi connectivity index (χ2v) is 7.41. The predicted octanol–water partition coefficient (Wildman–Crippen LogP) is 2.32. The summed E-state index contributed by atoms with van der Waals surface area (Å²) in [6.45, 7) is 8.55. The third kappa shape index (κ3) is 13.5. The van der Waals surface area contributed by atoms with Crippen LogP contribution in [0.1, 0.15) is 36.2 Å². The highest BCUT2D eigenvalue weighted by atomic mass is 127. The molecule has 1 rings (SSSR count). The number of hydrogen-bond donors (Lipinski definition) is 3. The van der Waals surface area contributed by atoms with Gasteiger partial charge in [0.05, 0.1) is 6.61 Å². The van der Waals surface area contributed by atoms with E-state index in [9.17, 15) is 4.79 Å². The number of hydrogen-bond acceptors (Lipinski definition) is 4. The Morgan fingerprint density at radius 1 is 1.14 bits per heavy atom. The number of ether oxygens (including phenoxy) is 1. The fourth-order valence-electron chi connectivity index (χ4n) is 2.39. The molecule has 1 amide bonds. The summed E-state index contributed by atoms with van der Waals surface area (Å²) in [4.78, 5) is 18.5. The van der Waals surface area contributed by atoms with Gasteiger partial charge in [0, 0.05) is 45.4 Å². The third-order valence-electron chi connectivity index (χ3n) is 4.10. The molecule has 0 aliphatic rings. The van der Waals surface area contributed by atoms with Gasteiger partial charge in [0.15, 0.2) is 5.96 Å². The van der Waals surface area contributed by atoms with Gasteiger partial charge in [-0.3, -0.25) is 9.79 Å². The van der Waals surface area contributed by atoms with Crippen molar-refractivity contribution in [3.63, 3.8) is 0 Å². The second-order valence-electron chi connectivity index (χ2n) is 7.41. The maximum Gasteiger partial charge on any atom is 0.251 e. The first-order valence-electron chi connectivity index (χ1n) is 9.96. The lowest BCUT2D eigenvalue weighted by molar-refractivity contribution is 0.0951. The number of rotatable bonds is 12. The van der Waals surface area contributed by atoms with Crippen LogP contribution in [0, 0.1) is 5.92 Å². The van der Waals surface area contributed by atoms with Gasteiger partial charge < -0.3 is 25.6 Å². The largest absolute Gasteiger partial charge is 0.380 e. The van der Waals surface area contributed by atoms with Crippen molar-refractivity contribution in [1.82, 2.24) is 20.9 Å². The molecule has 0 radical (unpaired) electrons. The summed E-state index contributed by atoms with van der Waals surface area (Å²) < 4.78 is 5.60. The van der Waals surface area contributed by atoms with E-state index in [0.717, 1.165) is 25.1 Å². The molecule has 0 bridgehead atoms. The number of nitrogens with zero attached hydrogens (tertiary/aromatic N) is 2. The molecule has 0 aliphatic heterocycles. The monoisotopic (exact) mass is 519 g/mol. The van der Waals surface area contributed by atoms with Crippen LogP contribution in [0.3, 0.4) is 0 Å². The highest BCUT2D eigenvalue weighted by Gasteiger charge is 2.06. The molecule has 1 aromatic carbocycles. The zero-order chi connectivity index (χ0) is 20.8. The molecule has 29 heavy (non-hydrogen) atoms. The lowest BCUT2D eigenvalue weighted by Gasteiger charge is -2.13. The van der Waals surface area contributed by atoms with Crippen LogP contribution in [-0.4, -0.2) is 70.8 Å². The van der Waals surface area contributed by atoms with Crippen LogP contribution in [0.15, 0.2) is 29.3 Å². The van der Waals surface area contributed by atoms with Crippen molar-refractivity contribution < 1.29 is 9.53 Å². The van der Waals surface area contributed by atoms with Gasteiger partial charge in [-0.15, -0.1) is 24.0 Å². The van der Waals surface area contributed by atoms with Crippen LogP contribution in [-0.2, 0) is 11.3 Å². The van der Waals surface area contributed by atoms with Crippen molar-refractivity contribution in [3.05, 3.63) is 35.4 Å². The zero-order valence-electron chi connectivity index (χ0n) is 18.5. The molecule has 166 valence electrons. The number of likely N-dealkylation sites (N-methyl/N-ethyl adjacent to an activating group) is 1. The first kappa shape index (κ1) is 27.6. The number of benzene rings is 1. The Hall–Kier alpha value is -1.39. The van der Waals surface area contributed by atoms with E-state index in [4.69, 9.17) is 4.74 Å². The first-order valence-corrected chi connectivity index (χ1v) is 9.96. The Balaban J connectivity index is 0.00000784. The summed E-state index contributed by atoms with van der Waals surface area (Å²) in [7, 11) is 5.71. The van der Waals surface area contributed by atoms with Crippen molar-refractivity contribution in [3.8, 4) is 0 Å². The number of aliphatic imine (C=N–C) groups is 1. The van der Waals surface area contributed by atoms with Crippen LogP contribution in [0.5, 0.6) is 0 Å². The summed E-state index contributed by atoms with van der Waals surface area (Å²) in [6, 6.07) is 7.62. The van der Waals surface area contributed by atoms with Gasteiger partial charge in [0.1, 0.15) is 0 Å². The van der Waals surface area contributed by atoms with Crippen LogP contribution in [0.2, 0.25) is 0 Å². The lowest BCUT2D eigenvalue weighted by atomic mass is 10.1. The summed E-state index contributed by atoms with van der Waals surface area (Å²) in [6.07, 6.45) is 1.08. The molecule has 0 unspecified atom stereocenters. The molecular formula is C21H38IN5O2. The molecule has 0 aliphatic carbocycles. The predicted molar refractivity (Wildman–Crippen MR) is 131 cm³/mol. The number of halogens is 1. The Labute approximate surface area is 193 Å². The van der Waals surface area contributed by atoms with Crippen LogP contribution >= 0.6 is 24.0 Å². The minimum absolute atomic E-state index is 0. The molecule has 0 saturated heterocycles. The van der Waals surface area contributed by atoms with E-state index in [1.54, 1.807) is 7.05 Å². The van der Waals surface area contributed by atoms with Gasteiger partial charge in [-0.1, -0.05) is 26.0 Å². The average molecular weight is 519 g/mol. The van der Waals surface area contributed by atoms with Crippen LogP contribution < -0.4 is 16.0 Å². The number of nitrogens with one attached hydrogen (secondary N) is 3. The molecule has 3 N–H and O–H groups in total. The number of guanidine groups is 1. The topological polar surface area (TPSA) is 78.0 Å². The normalized spacial score (nSPS) is 11.3. The van der Waals surface area contributed by atoms with Crippen molar-refractivity contribution >= 4 is 35.8 Å². The van der Waals surface area contributed by atoms with Crippen molar-refractivity contribution in [2.75, 3.05) is 54.0 Å². The number of carbonyl (C=O) groups excluding carboxylic acids is 1. The summed E-state index contributed by atoms with van der Waals surface area (Å²) >= 11 is 0. The Kier molecular flexibility index (Phi) is 15.6. The summed E-state index contributed by atoms with van der Waals surface area (Å²) in [5.41, 5.74) is 1.69. The average Bonchev–Trinajstić information content (AvgIpc) is 2.66. The van der Waals surface area contributed by atoms with Crippen molar-refractivity contribution in [2.24, 2.45) is 10.9 Å². The standard InChI is InChI=1S/C21H37N5O2.HI/c1-17(2)9-13-28-14-11-24-21(22-3)25-16-18-7-6-8-19(15-18)20(27)23-10-12-26(4)5;/h6-8,15,17H,9-14,16H2,1-5H3,(H,23,27)(H2,22,24,25);1H. The highest BCUT2D eigenvalue weighted by molar-refractivity contribution is 14.0. The number of amides is 1. The van der Waals surface area contributed by atoms with Gasteiger partial charge in [-0.2, -0.15) is 0 Å². The maximum absolute atomic E-state index is 12.2. The second kappa shape index (κ2) is 16.4. The first-order chi connectivity index (χ1) is 13.4. The Morgan fingerprint density at radius 2 is 1.90 bits per heavy atom. The summed E-state index contributed by atoms with van der Waals surface area (Å²) in [5, 5.41) is 9.43. The SMILES string of the molecule is CN=C(NCCOCCC(C)C)NCc1cccc(C(=O)NCCN(C)C)c1.I. The molecule has 0 heterocycles. The Bertz CT molecular complexity index is 608. The van der Waals surface area contributed by atoms with Crippen LogP contribution in [0.4, 0.5) is 0 Å². The quantitative estimate of drug-likeness (QED) is 0.171. The van der Waals surface area contributed by atoms with Crippen molar-refractivity contribution in [2.45, 2.75) is 26.8 Å². The van der Waals surface area contributed by atoms with Gasteiger partial charge in [0.2, 0.25) is 0 Å². The zero-order valence-corrected chi connectivity index (χ0v) is 20.8. The molecule has 0 spiro atoms. The molecule has 0 fully saturated rings. The van der Waals surface area contributed by atoms with Gasteiger partial charge in [-0.25, -0.2) is 0 Å². The summed E-state index contributed by atoms with van der Waals surface area (Å²) in [5.74, 6) is 1.33. The van der Waals surface area contributed by atoms with E-state index >= 15 is 0 Å². The van der Waals surface area contributed by atoms with E-state index in [1.807, 2.05) is 43.3 Å². The molecule has 8 heteroatoms. The molecular weight excluding hydrogens is 481 g/mol. The van der Waals surface area contributed by atoms with Gasteiger partial charge in [0.25, 0.3) is 5.91 Å². The molecule has 0 saturated carbocycles. The van der Waals surface area contributed by atoms with E-state index in [-0.39, 0.29) is 29.9 Å². The van der Waals surface area contributed by atoms with Gasteiger partial charge >= 0.3 is 0 Å². The third-order valence-corrected chi connectivity index (χ3v) is 4.10. The van der Waals surface area contributed by atoms with E-state index in [2.05, 4.69) is 34.8 Å². The minimum atomic E-state index is -0.0512. The van der Waals surface area contributed by atoms with Crippen molar-refractivity contribution in [1.29, 1.82) is 0 Å². The molecule has 0 atom stereocenters. The molecule has 0 aromatic heterocycles. The lowest BCUT2D eigenvalue weighted by Crippen LogP contribution is -2.38. The maximum atomic E-state index is 12.2. The molecule has 1 aromatic rings. The molecule has 7 nitrogen and oxygen atoms in total. The van der Waals surface area contributed by atoms with E-state index in [1.165, 1.54) is 0 Å². The fourth-order valence-corrected chi connectivity index (χ4v) is 2.39. The van der Waals surface area contributed by atoms with Gasteiger partial charge in [-0.05, 0) is 44.1 Å². The highest BCUT2D eigenvalue weighted by Crippen LogP contribution is 2.05.